The molecule has 0 spiro atoms. The molecule has 2 aromatic carbocycles. The summed E-state index contributed by atoms with van der Waals surface area (Å²) >= 11 is 0. The Bertz CT molecular complexity index is 471. The average Bonchev–Trinajstić information content (AvgIpc) is 2.47. The van der Waals surface area contributed by atoms with Crippen LogP contribution < -0.4 is 11.1 Å². The number of amides is 1. The summed E-state index contributed by atoms with van der Waals surface area (Å²) in [6, 6.07) is 19.6. The highest BCUT2D eigenvalue weighted by Crippen LogP contribution is 2.24. The molecule has 0 radical (unpaired) electrons. The Morgan fingerprint density at radius 1 is 0.947 bits per heavy atom. The fourth-order valence-corrected chi connectivity index (χ4v) is 2.08. The highest BCUT2D eigenvalue weighted by molar-refractivity contribution is 5.87. The first-order valence-electron chi connectivity index (χ1n) is 6.40. The fraction of sp³-hybridized carbons (Fsp3) is 0.188. The van der Waals surface area contributed by atoms with Gasteiger partial charge in [-0.3, -0.25) is 4.79 Å². The van der Waals surface area contributed by atoms with Crippen molar-refractivity contribution >= 4 is 5.91 Å². The van der Waals surface area contributed by atoms with Gasteiger partial charge in [0.1, 0.15) is 0 Å². The Morgan fingerprint density at radius 3 is 1.84 bits per heavy atom. The monoisotopic (exact) mass is 254 g/mol. The van der Waals surface area contributed by atoms with Gasteiger partial charge in [0, 0.05) is 13.1 Å². The number of nitrogens with one attached hydrogen (secondary N) is 1. The molecule has 2 aromatic rings. The molecule has 2 rings (SSSR count). The minimum absolute atomic E-state index is 0.0112. The first-order chi connectivity index (χ1) is 9.33. The van der Waals surface area contributed by atoms with Crippen LogP contribution in [0.2, 0.25) is 0 Å². The summed E-state index contributed by atoms with van der Waals surface area (Å²) in [5, 5.41) is 2.87. The summed E-state index contributed by atoms with van der Waals surface area (Å²) in [7, 11) is 0. The van der Waals surface area contributed by atoms with Crippen molar-refractivity contribution < 1.29 is 4.79 Å². The topological polar surface area (TPSA) is 55.1 Å². The summed E-state index contributed by atoms with van der Waals surface area (Å²) in [6.07, 6.45) is 0. The third kappa shape index (κ3) is 3.42. The number of rotatable bonds is 5. The second-order valence-corrected chi connectivity index (χ2v) is 4.33. The van der Waals surface area contributed by atoms with Gasteiger partial charge in [0.15, 0.2) is 0 Å². The zero-order valence-corrected chi connectivity index (χ0v) is 10.8. The molecule has 0 saturated heterocycles. The number of nitrogens with two attached hydrogens (primary N) is 1. The van der Waals surface area contributed by atoms with E-state index in [1.54, 1.807) is 0 Å². The van der Waals surface area contributed by atoms with E-state index in [1.165, 1.54) is 0 Å². The van der Waals surface area contributed by atoms with Crippen LogP contribution in [0.25, 0.3) is 0 Å². The SMILES string of the molecule is NCCNC(=O)C(c1ccccc1)c1ccccc1. The van der Waals surface area contributed by atoms with E-state index in [1.807, 2.05) is 60.7 Å². The van der Waals surface area contributed by atoms with Crippen LogP contribution in [0, 0.1) is 0 Å². The van der Waals surface area contributed by atoms with Crippen molar-refractivity contribution in [3.05, 3.63) is 71.8 Å². The lowest BCUT2D eigenvalue weighted by Gasteiger charge is -2.17. The molecule has 3 N–H and O–H groups in total. The smallest absolute Gasteiger partial charge is 0.232 e. The highest BCUT2D eigenvalue weighted by Gasteiger charge is 2.21. The molecule has 98 valence electrons. The Morgan fingerprint density at radius 2 is 1.42 bits per heavy atom. The average molecular weight is 254 g/mol. The van der Waals surface area contributed by atoms with Crippen molar-refractivity contribution in [2.75, 3.05) is 13.1 Å². The van der Waals surface area contributed by atoms with Crippen LogP contribution in [0.5, 0.6) is 0 Å². The fourth-order valence-electron chi connectivity index (χ4n) is 2.08. The molecule has 0 aromatic heterocycles. The maximum absolute atomic E-state index is 12.3. The van der Waals surface area contributed by atoms with Crippen LogP contribution in [0.4, 0.5) is 0 Å². The Labute approximate surface area is 113 Å². The molecule has 3 heteroatoms. The molecule has 0 aliphatic heterocycles. The first-order valence-corrected chi connectivity index (χ1v) is 6.40. The number of benzene rings is 2. The number of hydrogen-bond acceptors (Lipinski definition) is 2. The van der Waals surface area contributed by atoms with E-state index in [2.05, 4.69) is 5.32 Å². The third-order valence-corrected chi connectivity index (χ3v) is 2.97. The van der Waals surface area contributed by atoms with Gasteiger partial charge in [-0.05, 0) is 11.1 Å². The molecule has 0 aliphatic carbocycles. The molecule has 0 saturated carbocycles. The van der Waals surface area contributed by atoms with Crippen LogP contribution >= 0.6 is 0 Å². The Kier molecular flexibility index (Phi) is 4.70. The van der Waals surface area contributed by atoms with E-state index < -0.39 is 0 Å². The van der Waals surface area contributed by atoms with Gasteiger partial charge in [0.2, 0.25) is 5.91 Å². The lowest BCUT2D eigenvalue weighted by Crippen LogP contribution is -2.33. The van der Waals surface area contributed by atoms with Crippen molar-refractivity contribution in [3.63, 3.8) is 0 Å². The Balaban J connectivity index is 2.31. The van der Waals surface area contributed by atoms with Crippen molar-refractivity contribution in [3.8, 4) is 0 Å². The maximum atomic E-state index is 12.3. The molecular formula is C16H18N2O. The summed E-state index contributed by atoms with van der Waals surface area (Å²) in [6.45, 7) is 0.942. The van der Waals surface area contributed by atoms with Gasteiger partial charge in [-0.25, -0.2) is 0 Å². The van der Waals surface area contributed by atoms with Crippen LogP contribution in [-0.2, 0) is 4.79 Å². The van der Waals surface area contributed by atoms with Crippen LogP contribution in [-0.4, -0.2) is 19.0 Å². The van der Waals surface area contributed by atoms with Gasteiger partial charge >= 0.3 is 0 Å². The van der Waals surface area contributed by atoms with E-state index >= 15 is 0 Å². The summed E-state index contributed by atoms with van der Waals surface area (Å²) in [5.74, 6) is -0.295. The largest absolute Gasteiger partial charge is 0.354 e. The minimum Gasteiger partial charge on any atom is -0.354 e. The molecule has 19 heavy (non-hydrogen) atoms. The van der Waals surface area contributed by atoms with Crippen LogP contribution in [0.1, 0.15) is 17.0 Å². The van der Waals surface area contributed by atoms with E-state index in [0.29, 0.717) is 13.1 Å². The van der Waals surface area contributed by atoms with Gasteiger partial charge in [-0.2, -0.15) is 0 Å². The molecule has 0 heterocycles. The van der Waals surface area contributed by atoms with Crippen molar-refractivity contribution in [2.24, 2.45) is 5.73 Å². The van der Waals surface area contributed by atoms with Gasteiger partial charge in [0.25, 0.3) is 0 Å². The standard InChI is InChI=1S/C16H18N2O/c17-11-12-18-16(19)15(13-7-3-1-4-8-13)14-9-5-2-6-10-14/h1-10,15H,11-12,17H2,(H,18,19). The zero-order chi connectivity index (χ0) is 13.5. The normalized spacial score (nSPS) is 10.4. The summed E-state index contributed by atoms with van der Waals surface area (Å²) < 4.78 is 0. The lowest BCUT2D eigenvalue weighted by molar-refractivity contribution is -0.121. The third-order valence-electron chi connectivity index (χ3n) is 2.97. The molecule has 0 bridgehead atoms. The Hall–Kier alpha value is -2.13. The van der Waals surface area contributed by atoms with Gasteiger partial charge in [0.05, 0.1) is 5.92 Å². The highest BCUT2D eigenvalue weighted by atomic mass is 16.1. The van der Waals surface area contributed by atoms with Gasteiger partial charge < -0.3 is 11.1 Å². The number of carbonyl (C=O) groups excluding carboxylic acids is 1. The van der Waals surface area contributed by atoms with Gasteiger partial charge in [-0.15, -0.1) is 0 Å². The van der Waals surface area contributed by atoms with Crippen molar-refractivity contribution in [1.82, 2.24) is 5.32 Å². The molecule has 0 unspecified atom stereocenters. The number of carbonyl (C=O) groups is 1. The number of hydrogen-bond donors (Lipinski definition) is 2. The summed E-state index contributed by atoms with van der Waals surface area (Å²) in [5.41, 5.74) is 7.42. The van der Waals surface area contributed by atoms with Crippen molar-refractivity contribution in [2.45, 2.75) is 5.92 Å². The molecule has 1 amide bonds. The van der Waals surface area contributed by atoms with E-state index in [0.717, 1.165) is 11.1 Å². The second-order valence-electron chi connectivity index (χ2n) is 4.33. The quantitative estimate of drug-likeness (QED) is 0.856. The molecule has 3 nitrogen and oxygen atoms in total. The van der Waals surface area contributed by atoms with E-state index in [9.17, 15) is 4.79 Å². The van der Waals surface area contributed by atoms with Crippen molar-refractivity contribution in [1.29, 1.82) is 0 Å². The minimum atomic E-state index is -0.283. The molecular weight excluding hydrogens is 236 g/mol. The maximum Gasteiger partial charge on any atom is 0.232 e. The van der Waals surface area contributed by atoms with Gasteiger partial charge in [-0.1, -0.05) is 60.7 Å². The van der Waals surface area contributed by atoms with E-state index in [4.69, 9.17) is 5.73 Å². The molecule has 0 aliphatic rings. The van der Waals surface area contributed by atoms with E-state index in [-0.39, 0.29) is 11.8 Å². The second kappa shape index (κ2) is 6.71. The summed E-state index contributed by atoms with van der Waals surface area (Å²) in [4.78, 5) is 12.3. The first kappa shape index (κ1) is 13.3. The zero-order valence-electron chi connectivity index (χ0n) is 10.8. The van der Waals surface area contributed by atoms with Crippen LogP contribution in [0.15, 0.2) is 60.7 Å². The molecule has 0 fully saturated rings. The predicted molar refractivity (Wildman–Crippen MR) is 76.8 cm³/mol. The predicted octanol–water partition coefficient (Wildman–Crippen LogP) is 1.89. The van der Waals surface area contributed by atoms with Crippen LogP contribution in [0.3, 0.4) is 0 Å². The molecule has 0 atom stereocenters. The lowest BCUT2D eigenvalue weighted by atomic mass is 9.90.